The van der Waals surface area contributed by atoms with E-state index in [1.165, 1.54) is 0 Å². The van der Waals surface area contributed by atoms with Gasteiger partial charge in [0.25, 0.3) is 0 Å². The van der Waals surface area contributed by atoms with Gasteiger partial charge in [0.1, 0.15) is 18.4 Å². The number of rotatable bonds is 5. The van der Waals surface area contributed by atoms with Gasteiger partial charge >= 0.3 is 5.97 Å². The summed E-state index contributed by atoms with van der Waals surface area (Å²) in [7, 11) is 0. The average Bonchev–Trinajstić information content (AvgIpc) is 3.40. The zero-order chi connectivity index (χ0) is 20.5. The predicted molar refractivity (Wildman–Crippen MR) is 110 cm³/mol. The SMILES string of the molecule is O=C(O)CNC(=O)[C@@H]1CCCN1c1cc(-n2ccnc2)c2ccc(Cl)c(Cl)c2n1. The largest absolute Gasteiger partial charge is 0.480 e. The minimum atomic E-state index is -1.09. The van der Waals surface area contributed by atoms with E-state index in [9.17, 15) is 9.59 Å². The molecule has 1 amide bonds. The topological polar surface area (TPSA) is 100 Å². The number of fused-ring (bicyclic) bond motifs is 1. The van der Waals surface area contributed by atoms with Crippen molar-refractivity contribution in [3.8, 4) is 5.69 Å². The highest BCUT2D eigenvalue weighted by Crippen LogP contribution is 2.36. The summed E-state index contributed by atoms with van der Waals surface area (Å²) in [5.41, 5.74) is 1.33. The number of nitrogens with one attached hydrogen (secondary N) is 1. The zero-order valence-electron chi connectivity index (χ0n) is 15.2. The van der Waals surface area contributed by atoms with Gasteiger partial charge in [-0.2, -0.15) is 0 Å². The predicted octanol–water partition coefficient (Wildman–Crippen LogP) is 2.90. The number of carbonyl (C=O) groups is 2. The summed E-state index contributed by atoms with van der Waals surface area (Å²) in [6, 6.07) is 4.92. The number of hydrogen-bond acceptors (Lipinski definition) is 5. The molecule has 2 N–H and O–H groups in total. The number of carbonyl (C=O) groups excluding carboxylic acids is 1. The zero-order valence-corrected chi connectivity index (χ0v) is 16.7. The Balaban J connectivity index is 1.80. The Kier molecular flexibility index (Phi) is 5.29. The molecule has 1 fully saturated rings. The van der Waals surface area contributed by atoms with E-state index in [-0.39, 0.29) is 5.91 Å². The molecule has 0 bridgehead atoms. The van der Waals surface area contributed by atoms with Crippen LogP contribution in [-0.4, -0.2) is 50.6 Å². The molecule has 0 unspecified atom stereocenters. The molecule has 0 spiro atoms. The van der Waals surface area contributed by atoms with Crippen LogP contribution in [0.25, 0.3) is 16.6 Å². The van der Waals surface area contributed by atoms with Crippen LogP contribution in [0.15, 0.2) is 36.9 Å². The summed E-state index contributed by atoms with van der Waals surface area (Å²) >= 11 is 12.6. The number of benzene rings is 1. The number of carboxylic acid groups (broad SMARTS) is 1. The van der Waals surface area contributed by atoms with Gasteiger partial charge in [0.15, 0.2) is 0 Å². The molecule has 4 rings (SSSR count). The first-order valence-corrected chi connectivity index (χ1v) is 9.74. The summed E-state index contributed by atoms with van der Waals surface area (Å²) in [6.45, 7) is 0.196. The summed E-state index contributed by atoms with van der Waals surface area (Å²) < 4.78 is 1.84. The van der Waals surface area contributed by atoms with E-state index in [0.29, 0.717) is 34.3 Å². The van der Waals surface area contributed by atoms with Crippen molar-refractivity contribution in [3.05, 3.63) is 47.0 Å². The normalized spacial score (nSPS) is 16.3. The standard InChI is InChI=1S/C19H17Cl2N5O3/c20-12-4-3-11-14(25-7-5-22-10-25)8-15(24-18(11)17(12)21)26-6-1-2-13(26)19(29)23-9-16(27)28/h3-5,7-8,10,13H,1-2,6,9H2,(H,23,29)(H,27,28)/t13-/m0/s1. The van der Waals surface area contributed by atoms with Crippen LogP contribution in [0.2, 0.25) is 10.0 Å². The summed E-state index contributed by atoms with van der Waals surface area (Å²) in [6.07, 6.45) is 6.54. The second-order valence-electron chi connectivity index (χ2n) is 6.69. The van der Waals surface area contributed by atoms with Crippen molar-refractivity contribution < 1.29 is 14.7 Å². The van der Waals surface area contributed by atoms with Crippen LogP contribution in [0.5, 0.6) is 0 Å². The molecule has 0 radical (unpaired) electrons. The lowest BCUT2D eigenvalue weighted by Crippen LogP contribution is -2.45. The van der Waals surface area contributed by atoms with Gasteiger partial charge in [-0.3, -0.25) is 9.59 Å². The van der Waals surface area contributed by atoms with Crippen molar-refractivity contribution >= 4 is 51.8 Å². The van der Waals surface area contributed by atoms with Gasteiger partial charge in [-0.25, -0.2) is 9.97 Å². The first-order valence-electron chi connectivity index (χ1n) is 8.99. The van der Waals surface area contributed by atoms with E-state index in [0.717, 1.165) is 17.5 Å². The summed E-state index contributed by atoms with van der Waals surface area (Å²) in [5.74, 6) is -0.859. The Morgan fingerprint density at radius 3 is 2.86 bits per heavy atom. The van der Waals surface area contributed by atoms with Gasteiger partial charge in [-0.15, -0.1) is 0 Å². The Bertz CT molecular complexity index is 1090. The number of hydrogen-bond donors (Lipinski definition) is 2. The number of carboxylic acids is 1. The average molecular weight is 434 g/mol. The number of halogens is 2. The van der Waals surface area contributed by atoms with Crippen LogP contribution < -0.4 is 10.2 Å². The van der Waals surface area contributed by atoms with Gasteiger partial charge in [-0.05, 0) is 25.0 Å². The van der Waals surface area contributed by atoms with Crippen molar-refractivity contribution in [1.82, 2.24) is 19.9 Å². The number of anilines is 1. The third kappa shape index (κ3) is 3.73. The highest BCUT2D eigenvalue weighted by molar-refractivity contribution is 6.45. The fourth-order valence-electron chi connectivity index (χ4n) is 3.56. The van der Waals surface area contributed by atoms with Gasteiger partial charge in [-0.1, -0.05) is 23.2 Å². The third-order valence-electron chi connectivity index (χ3n) is 4.88. The number of nitrogens with zero attached hydrogens (tertiary/aromatic N) is 4. The number of amides is 1. The number of aliphatic carboxylic acids is 1. The quantitative estimate of drug-likeness (QED) is 0.641. The maximum atomic E-state index is 12.5. The molecule has 1 aliphatic rings. The molecular weight excluding hydrogens is 417 g/mol. The Morgan fingerprint density at radius 2 is 2.14 bits per heavy atom. The van der Waals surface area contributed by atoms with Crippen molar-refractivity contribution in [2.75, 3.05) is 18.0 Å². The molecule has 0 saturated carbocycles. The highest BCUT2D eigenvalue weighted by atomic mass is 35.5. The summed E-state index contributed by atoms with van der Waals surface area (Å²) in [4.78, 5) is 34.0. The van der Waals surface area contributed by atoms with Gasteiger partial charge in [0, 0.05) is 30.4 Å². The van der Waals surface area contributed by atoms with Gasteiger partial charge in [0.05, 0.1) is 27.6 Å². The van der Waals surface area contributed by atoms with E-state index in [1.54, 1.807) is 18.6 Å². The lowest BCUT2D eigenvalue weighted by molar-refractivity contribution is -0.138. The molecule has 1 saturated heterocycles. The maximum absolute atomic E-state index is 12.5. The molecule has 150 valence electrons. The Labute approximate surface area is 176 Å². The first kappa shape index (κ1) is 19.5. The highest BCUT2D eigenvalue weighted by Gasteiger charge is 2.32. The van der Waals surface area contributed by atoms with Crippen LogP contribution >= 0.6 is 23.2 Å². The molecule has 3 aromatic rings. The first-order chi connectivity index (χ1) is 14.0. The summed E-state index contributed by atoms with van der Waals surface area (Å²) in [5, 5.41) is 12.8. The number of pyridine rings is 1. The minimum Gasteiger partial charge on any atom is -0.480 e. The lowest BCUT2D eigenvalue weighted by atomic mass is 10.1. The Morgan fingerprint density at radius 1 is 1.31 bits per heavy atom. The van der Waals surface area contributed by atoms with Crippen LogP contribution in [0, 0.1) is 0 Å². The van der Waals surface area contributed by atoms with E-state index >= 15 is 0 Å². The molecule has 0 aliphatic carbocycles. The van der Waals surface area contributed by atoms with Crippen molar-refractivity contribution in [3.63, 3.8) is 0 Å². The number of imidazole rings is 1. The van der Waals surface area contributed by atoms with Crippen LogP contribution in [0.1, 0.15) is 12.8 Å². The molecule has 1 aromatic carbocycles. The van der Waals surface area contributed by atoms with Gasteiger partial charge < -0.3 is 19.9 Å². The molecule has 1 atom stereocenters. The molecule has 10 heteroatoms. The molecule has 29 heavy (non-hydrogen) atoms. The van der Waals surface area contributed by atoms with Crippen LogP contribution in [0.4, 0.5) is 5.82 Å². The van der Waals surface area contributed by atoms with E-state index in [4.69, 9.17) is 33.3 Å². The van der Waals surface area contributed by atoms with E-state index in [1.807, 2.05) is 27.8 Å². The molecular formula is C19H17Cl2N5O3. The molecule has 3 heterocycles. The number of aromatic nitrogens is 3. The second-order valence-corrected chi connectivity index (χ2v) is 7.48. The van der Waals surface area contributed by atoms with Crippen LogP contribution in [-0.2, 0) is 9.59 Å². The smallest absolute Gasteiger partial charge is 0.322 e. The fourth-order valence-corrected chi connectivity index (χ4v) is 3.92. The van der Waals surface area contributed by atoms with E-state index in [2.05, 4.69) is 10.3 Å². The second kappa shape index (κ2) is 7.88. The third-order valence-corrected chi connectivity index (χ3v) is 5.68. The molecule has 2 aromatic heterocycles. The molecule has 1 aliphatic heterocycles. The minimum absolute atomic E-state index is 0.332. The fraction of sp³-hybridized carbons (Fsp3) is 0.263. The van der Waals surface area contributed by atoms with Gasteiger partial charge in [0.2, 0.25) is 5.91 Å². The van der Waals surface area contributed by atoms with Crippen molar-refractivity contribution in [1.29, 1.82) is 0 Å². The molecule has 8 nitrogen and oxygen atoms in total. The van der Waals surface area contributed by atoms with Crippen molar-refractivity contribution in [2.24, 2.45) is 0 Å². The van der Waals surface area contributed by atoms with E-state index < -0.39 is 18.6 Å². The monoisotopic (exact) mass is 433 g/mol. The van der Waals surface area contributed by atoms with Crippen molar-refractivity contribution in [2.45, 2.75) is 18.9 Å². The maximum Gasteiger partial charge on any atom is 0.322 e. The van der Waals surface area contributed by atoms with Crippen LogP contribution in [0.3, 0.4) is 0 Å². The lowest BCUT2D eigenvalue weighted by Gasteiger charge is -2.26. The Hall–Kier alpha value is -2.84.